The molecule has 0 saturated carbocycles. The molecule has 49 heavy (non-hydrogen) atoms. The summed E-state index contributed by atoms with van der Waals surface area (Å²) in [5.41, 5.74) is -2.60. The maximum absolute atomic E-state index is 14.4. The molecular weight excluding hydrogens is 630 g/mol. The van der Waals surface area contributed by atoms with Crippen LogP contribution in [0.3, 0.4) is 0 Å². The van der Waals surface area contributed by atoms with Gasteiger partial charge in [-0.2, -0.15) is 0 Å². The number of carbonyl (C=O) groups excluding carboxylic acids is 3. The van der Waals surface area contributed by atoms with Crippen molar-refractivity contribution >= 4 is 50.4 Å². The molecule has 2 aliphatic heterocycles. The summed E-state index contributed by atoms with van der Waals surface area (Å²) in [6.45, 7) is 14.4. The van der Waals surface area contributed by atoms with Crippen LogP contribution in [-0.4, -0.2) is 60.3 Å². The molecule has 0 fully saturated rings. The molecule has 0 amide bonds. The number of phenols is 4. The maximum atomic E-state index is 14.4. The lowest BCUT2D eigenvalue weighted by Gasteiger charge is -2.26. The van der Waals surface area contributed by atoms with Gasteiger partial charge >= 0.3 is 0 Å². The summed E-state index contributed by atoms with van der Waals surface area (Å²) in [6.07, 6.45) is -0.419. The van der Waals surface area contributed by atoms with Crippen LogP contribution in [0.1, 0.15) is 106 Å². The number of aromatic hydroxyl groups is 4. The summed E-state index contributed by atoms with van der Waals surface area (Å²) in [5, 5.41) is 58.1. The Kier molecular flexibility index (Phi) is 5.71. The van der Waals surface area contributed by atoms with Crippen LogP contribution < -0.4 is 9.47 Å². The minimum atomic E-state index is -1.05. The predicted molar refractivity (Wildman–Crippen MR) is 180 cm³/mol. The molecule has 5 N–H and O–H groups in total. The number of aryl methyl sites for hydroxylation is 2. The second-order valence-corrected chi connectivity index (χ2v) is 14.6. The first-order chi connectivity index (χ1) is 22.8. The third kappa shape index (κ3) is 3.47. The number of allylic oxidation sites excluding steroid dienone is 1. The van der Waals surface area contributed by atoms with Gasteiger partial charge in [-0.25, -0.2) is 4.99 Å². The molecule has 11 heteroatoms. The average Bonchev–Trinajstić information content (AvgIpc) is 3.37. The van der Waals surface area contributed by atoms with Gasteiger partial charge in [0, 0.05) is 44.0 Å². The average molecular weight is 664 g/mol. The number of aliphatic imine (C=N–C) groups is 1. The van der Waals surface area contributed by atoms with Crippen LogP contribution in [0.5, 0.6) is 34.5 Å². The highest BCUT2D eigenvalue weighted by Crippen LogP contribution is 2.59. The molecule has 2 atom stereocenters. The van der Waals surface area contributed by atoms with Gasteiger partial charge in [0.2, 0.25) is 17.3 Å². The number of rotatable bonds is 1. The Morgan fingerprint density at radius 2 is 1.22 bits per heavy atom. The first-order valence-corrected chi connectivity index (χ1v) is 16.0. The third-order valence-electron chi connectivity index (χ3n) is 11.2. The van der Waals surface area contributed by atoms with Crippen molar-refractivity contribution in [2.75, 3.05) is 0 Å². The minimum absolute atomic E-state index is 0.00573. The van der Waals surface area contributed by atoms with E-state index < -0.39 is 74.6 Å². The van der Waals surface area contributed by atoms with E-state index in [-0.39, 0.29) is 38.9 Å². The van der Waals surface area contributed by atoms with Gasteiger partial charge in [0.1, 0.15) is 46.2 Å². The Balaban J connectivity index is 1.42. The number of carbonyl (C=O) groups is 3. The van der Waals surface area contributed by atoms with Crippen LogP contribution >= 0.6 is 0 Å². The zero-order valence-electron chi connectivity index (χ0n) is 28.0. The Labute approximate surface area is 279 Å². The Morgan fingerprint density at radius 3 is 1.86 bits per heavy atom. The second-order valence-electron chi connectivity index (χ2n) is 14.6. The Hall–Kier alpha value is -5.58. The fourth-order valence-corrected chi connectivity index (χ4v) is 8.02. The Morgan fingerprint density at radius 1 is 0.694 bits per heavy atom. The lowest BCUT2D eigenvalue weighted by Crippen LogP contribution is -2.32. The number of hydrogen-bond donors (Lipinski definition) is 5. The van der Waals surface area contributed by atoms with Gasteiger partial charge in [0.15, 0.2) is 17.2 Å². The first kappa shape index (κ1) is 30.7. The van der Waals surface area contributed by atoms with Crippen molar-refractivity contribution < 1.29 is 49.4 Å². The van der Waals surface area contributed by atoms with Crippen molar-refractivity contribution in [3.63, 3.8) is 0 Å². The molecule has 4 aliphatic rings. The standard InChI is InChI=1S/C38H33NO10/c1-11-9-15(40)20-22-17(11)35-19(13(3)38(7,8)49-35)29(42)24(22)33(46)27(31(20)44)39-28-32(45)21-16(41)10-12(2)18-23(21)25(34(28)47)30(43)26-36(18)48-14(4)37(26,5)6/h9-10,13-14,40-44H,1-8H3. The number of aliphatic hydroxyl groups excluding tert-OH is 1. The van der Waals surface area contributed by atoms with E-state index in [4.69, 9.17) is 9.47 Å². The molecule has 2 unspecified atom stereocenters. The highest BCUT2D eigenvalue weighted by molar-refractivity contribution is 6.76. The lowest BCUT2D eigenvalue weighted by molar-refractivity contribution is 0.101. The van der Waals surface area contributed by atoms with Crippen LogP contribution in [-0.2, 0) is 5.41 Å². The van der Waals surface area contributed by atoms with E-state index in [0.717, 1.165) is 0 Å². The van der Waals surface area contributed by atoms with Crippen LogP contribution in [0.4, 0.5) is 0 Å². The monoisotopic (exact) mass is 663 g/mol. The van der Waals surface area contributed by atoms with Gasteiger partial charge in [-0.1, -0.05) is 20.8 Å². The molecular formula is C38H33NO10. The second kappa shape index (κ2) is 9.10. The van der Waals surface area contributed by atoms with Crippen molar-refractivity contribution in [2.45, 2.75) is 78.4 Å². The minimum Gasteiger partial charge on any atom is -0.507 e. The summed E-state index contributed by atoms with van der Waals surface area (Å²) in [6, 6.07) is 2.74. The van der Waals surface area contributed by atoms with Crippen molar-refractivity contribution in [3.8, 4) is 34.5 Å². The molecule has 0 radical (unpaired) electrons. The Bertz CT molecular complexity index is 2450. The molecule has 4 aromatic carbocycles. The van der Waals surface area contributed by atoms with Crippen LogP contribution in [0.25, 0.3) is 27.3 Å². The zero-order chi connectivity index (χ0) is 35.5. The third-order valence-corrected chi connectivity index (χ3v) is 11.2. The zero-order valence-corrected chi connectivity index (χ0v) is 28.0. The first-order valence-electron chi connectivity index (χ1n) is 16.0. The van der Waals surface area contributed by atoms with Gasteiger partial charge in [0.25, 0.3) is 0 Å². The van der Waals surface area contributed by atoms with Crippen molar-refractivity contribution in [1.29, 1.82) is 0 Å². The normalized spacial score (nSPS) is 22.2. The number of fused-ring (bicyclic) bond motifs is 4. The smallest absolute Gasteiger partial charge is 0.219 e. The number of benzene rings is 4. The molecule has 0 saturated heterocycles. The molecule has 2 aliphatic carbocycles. The summed E-state index contributed by atoms with van der Waals surface area (Å²) < 4.78 is 12.4. The van der Waals surface area contributed by atoms with Gasteiger partial charge in [-0.15, -0.1) is 0 Å². The highest BCUT2D eigenvalue weighted by Gasteiger charge is 2.49. The molecule has 0 bridgehead atoms. The van der Waals surface area contributed by atoms with E-state index in [2.05, 4.69) is 4.99 Å². The predicted octanol–water partition coefficient (Wildman–Crippen LogP) is 6.71. The van der Waals surface area contributed by atoms with Crippen LogP contribution in [0.2, 0.25) is 0 Å². The quantitative estimate of drug-likeness (QED) is 0.147. The van der Waals surface area contributed by atoms with Gasteiger partial charge < -0.3 is 35.0 Å². The van der Waals surface area contributed by atoms with Gasteiger partial charge in [-0.05, 0) is 57.9 Å². The summed E-state index contributed by atoms with van der Waals surface area (Å²) in [7, 11) is 0. The highest BCUT2D eigenvalue weighted by atomic mass is 16.5. The molecule has 0 aromatic heterocycles. The number of nitrogens with zero attached hydrogens (tertiary/aromatic N) is 1. The van der Waals surface area contributed by atoms with E-state index in [1.807, 2.05) is 41.5 Å². The maximum Gasteiger partial charge on any atom is 0.219 e. The molecule has 250 valence electrons. The fourth-order valence-electron chi connectivity index (χ4n) is 8.02. The number of ketones is 3. The number of ether oxygens (including phenoxy) is 2. The van der Waals surface area contributed by atoms with Crippen molar-refractivity contribution in [2.24, 2.45) is 4.99 Å². The largest absolute Gasteiger partial charge is 0.507 e. The number of aliphatic hydroxyl groups is 1. The molecule has 8 rings (SSSR count). The molecule has 4 aromatic rings. The number of Topliss-reactive ketones (excluding diaryl/α,β-unsaturated/α-hetero) is 3. The van der Waals surface area contributed by atoms with Gasteiger partial charge in [-0.3, -0.25) is 14.4 Å². The van der Waals surface area contributed by atoms with Crippen molar-refractivity contribution in [3.05, 3.63) is 62.3 Å². The lowest BCUT2D eigenvalue weighted by atomic mass is 9.75. The topological polar surface area (TPSA) is 183 Å². The number of phenolic OH excluding ortho intramolecular Hbond substituents is 4. The van der Waals surface area contributed by atoms with Crippen LogP contribution in [0, 0.1) is 13.8 Å². The summed E-state index contributed by atoms with van der Waals surface area (Å²) in [5.74, 6) is -5.49. The molecule has 0 spiro atoms. The summed E-state index contributed by atoms with van der Waals surface area (Å²) >= 11 is 0. The van der Waals surface area contributed by atoms with Crippen LogP contribution in [0.15, 0.2) is 22.8 Å². The van der Waals surface area contributed by atoms with E-state index in [1.54, 1.807) is 13.8 Å². The van der Waals surface area contributed by atoms with E-state index >= 15 is 0 Å². The van der Waals surface area contributed by atoms with Crippen molar-refractivity contribution in [1.82, 2.24) is 0 Å². The van der Waals surface area contributed by atoms with E-state index in [0.29, 0.717) is 44.5 Å². The van der Waals surface area contributed by atoms with E-state index in [9.17, 15) is 39.9 Å². The SMILES string of the molecule is Cc1cc(O)c2c3c(c(O)c4c(c13)OC(C)(C)C4C)C(=O)C(N=C1C(=O)c3c(O)cc(C)c4c5c(c(O)c(c34)C1=O)C(C)(C)C(C)O5)=C2O. The molecule has 2 heterocycles. The van der Waals surface area contributed by atoms with E-state index in [1.165, 1.54) is 12.1 Å². The van der Waals surface area contributed by atoms with Gasteiger partial charge in [0.05, 0.1) is 22.3 Å². The molecule has 11 nitrogen and oxygen atoms in total. The number of hydrogen-bond acceptors (Lipinski definition) is 11. The summed E-state index contributed by atoms with van der Waals surface area (Å²) in [4.78, 5) is 47.0. The fraction of sp³-hybridized carbons (Fsp3) is 0.316.